The second kappa shape index (κ2) is 3.22. The van der Waals surface area contributed by atoms with Crippen molar-refractivity contribution in [3.63, 3.8) is 0 Å². The Labute approximate surface area is 65.9 Å². The molecule has 0 atom stereocenters. The highest BCUT2D eigenvalue weighted by molar-refractivity contribution is 7.90. The van der Waals surface area contributed by atoms with Gasteiger partial charge in [-0.25, -0.2) is 8.42 Å². The van der Waals surface area contributed by atoms with Gasteiger partial charge in [-0.1, -0.05) is 10.8 Å². The summed E-state index contributed by atoms with van der Waals surface area (Å²) < 4.78 is 21.9. The maximum atomic E-state index is 11.0. The average molecular weight is 175 g/mol. The number of rotatable bonds is 4. The summed E-state index contributed by atoms with van der Waals surface area (Å²) in [6, 6.07) is 0. The van der Waals surface area contributed by atoms with Crippen LogP contribution in [0.3, 0.4) is 0 Å². The summed E-state index contributed by atoms with van der Waals surface area (Å²) in [6.07, 6.45) is 6.27. The zero-order valence-electron chi connectivity index (χ0n) is 5.91. The van der Waals surface area contributed by atoms with Gasteiger partial charge in [-0.2, -0.15) is 0 Å². The van der Waals surface area contributed by atoms with E-state index in [1.54, 1.807) is 0 Å². The highest BCUT2D eigenvalue weighted by atomic mass is 32.2. The van der Waals surface area contributed by atoms with Gasteiger partial charge in [0.25, 0.3) is 0 Å². The molecule has 0 saturated heterocycles. The molecule has 1 aliphatic rings. The van der Waals surface area contributed by atoms with Crippen LogP contribution in [0.25, 0.3) is 0 Å². The van der Waals surface area contributed by atoms with Crippen molar-refractivity contribution in [2.45, 2.75) is 18.1 Å². The van der Waals surface area contributed by atoms with E-state index in [9.17, 15) is 8.42 Å². The summed E-state index contributed by atoms with van der Waals surface area (Å²) in [7, 11) is -3.23. The monoisotopic (exact) mass is 175 g/mol. The van der Waals surface area contributed by atoms with Crippen molar-refractivity contribution in [1.29, 1.82) is 0 Å². The first-order chi connectivity index (χ1) is 5.17. The summed E-state index contributed by atoms with van der Waals surface area (Å²) >= 11 is 0. The molecule has 1 saturated carbocycles. The fourth-order valence-corrected chi connectivity index (χ4v) is 1.72. The Morgan fingerprint density at radius 1 is 1.64 bits per heavy atom. The topological polar surface area (TPSA) is 55.4 Å². The molecule has 1 rings (SSSR count). The molecule has 5 heteroatoms. The SMILES string of the molecule is C#CCONS(=O)(=O)C1CC1. The van der Waals surface area contributed by atoms with E-state index in [1.165, 1.54) is 0 Å². The Balaban J connectivity index is 2.30. The van der Waals surface area contributed by atoms with Gasteiger partial charge >= 0.3 is 0 Å². The average Bonchev–Trinajstić information content (AvgIpc) is 2.68. The van der Waals surface area contributed by atoms with Crippen LogP contribution < -0.4 is 4.89 Å². The molecule has 11 heavy (non-hydrogen) atoms. The fourth-order valence-electron chi connectivity index (χ4n) is 0.600. The van der Waals surface area contributed by atoms with Crippen LogP contribution in [-0.2, 0) is 14.9 Å². The van der Waals surface area contributed by atoms with Crippen molar-refractivity contribution >= 4 is 10.0 Å². The Morgan fingerprint density at radius 2 is 2.27 bits per heavy atom. The minimum absolute atomic E-state index is 0.0358. The van der Waals surface area contributed by atoms with Crippen molar-refractivity contribution in [1.82, 2.24) is 4.89 Å². The fraction of sp³-hybridized carbons (Fsp3) is 0.667. The van der Waals surface area contributed by atoms with Gasteiger partial charge < -0.3 is 0 Å². The van der Waals surface area contributed by atoms with Crippen LogP contribution in [-0.4, -0.2) is 20.3 Å². The van der Waals surface area contributed by atoms with Crippen LogP contribution in [0, 0.1) is 12.3 Å². The summed E-state index contributed by atoms with van der Waals surface area (Å²) in [5.41, 5.74) is 0. The summed E-state index contributed by atoms with van der Waals surface area (Å²) in [4.78, 5) is 6.43. The van der Waals surface area contributed by atoms with Gasteiger partial charge in [-0.15, -0.1) is 6.42 Å². The zero-order chi connectivity index (χ0) is 8.32. The van der Waals surface area contributed by atoms with Crippen molar-refractivity contribution in [3.8, 4) is 12.3 Å². The molecule has 0 bridgehead atoms. The lowest BCUT2D eigenvalue weighted by atomic mass is 10.8. The van der Waals surface area contributed by atoms with Crippen LogP contribution in [0.15, 0.2) is 0 Å². The summed E-state index contributed by atoms with van der Waals surface area (Å²) in [5.74, 6) is 2.15. The normalized spacial score (nSPS) is 17.7. The van der Waals surface area contributed by atoms with E-state index in [0.717, 1.165) is 12.8 Å². The molecule has 0 spiro atoms. The third-order valence-electron chi connectivity index (χ3n) is 1.29. The zero-order valence-corrected chi connectivity index (χ0v) is 6.73. The van der Waals surface area contributed by atoms with Gasteiger partial charge in [0.05, 0.1) is 5.25 Å². The van der Waals surface area contributed by atoms with Gasteiger partial charge in [-0.3, -0.25) is 4.84 Å². The molecule has 4 nitrogen and oxygen atoms in total. The summed E-state index contributed by atoms with van der Waals surface area (Å²) in [6.45, 7) is -0.0358. The third kappa shape index (κ3) is 2.50. The molecule has 0 amide bonds. The number of sulfonamides is 1. The summed E-state index contributed by atoms with van der Waals surface area (Å²) in [5, 5.41) is -0.264. The standard InChI is InChI=1S/C6H9NO3S/c1-2-5-10-7-11(8,9)6-3-4-6/h1,6-7H,3-5H2. The molecule has 0 unspecified atom stereocenters. The van der Waals surface area contributed by atoms with E-state index in [2.05, 4.69) is 10.8 Å². The van der Waals surface area contributed by atoms with Gasteiger partial charge in [0.2, 0.25) is 10.0 Å². The molecule has 0 heterocycles. The first-order valence-electron chi connectivity index (χ1n) is 3.22. The van der Waals surface area contributed by atoms with Crippen molar-refractivity contribution in [2.24, 2.45) is 0 Å². The minimum Gasteiger partial charge on any atom is -0.274 e. The van der Waals surface area contributed by atoms with Crippen molar-refractivity contribution < 1.29 is 13.3 Å². The van der Waals surface area contributed by atoms with E-state index >= 15 is 0 Å². The van der Waals surface area contributed by atoms with E-state index in [-0.39, 0.29) is 11.9 Å². The van der Waals surface area contributed by atoms with E-state index < -0.39 is 10.0 Å². The minimum atomic E-state index is -3.23. The first kappa shape index (κ1) is 8.53. The maximum absolute atomic E-state index is 11.0. The Hall–Kier alpha value is -0.570. The van der Waals surface area contributed by atoms with Crippen LogP contribution in [0.4, 0.5) is 0 Å². The molecule has 0 aromatic carbocycles. The lowest BCUT2D eigenvalue weighted by Crippen LogP contribution is -2.27. The molecule has 0 aromatic rings. The molecule has 1 fully saturated rings. The van der Waals surface area contributed by atoms with Gasteiger partial charge in [0.1, 0.15) is 6.61 Å². The Morgan fingerprint density at radius 3 is 2.73 bits per heavy atom. The smallest absolute Gasteiger partial charge is 0.236 e. The van der Waals surface area contributed by atoms with Crippen LogP contribution >= 0.6 is 0 Å². The molecule has 62 valence electrons. The van der Waals surface area contributed by atoms with Crippen LogP contribution in [0.5, 0.6) is 0 Å². The predicted octanol–water partition coefficient (Wildman–Crippen LogP) is -0.367. The molecule has 0 aromatic heterocycles. The van der Waals surface area contributed by atoms with Gasteiger partial charge in [-0.05, 0) is 12.8 Å². The number of terminal acetylenes is 1. The quantitative estimate of drug-likeness (QED) is 0.360. The first-order valence-corrected chi connectivity index (χ1v) is 4.77. The maximum Gasteiger partial charge on any atom is 0.236 e. The van der Waals surface area contributed by atoms with E-state index in [4.69, 9.17) is 6.42 Å². The van der Waals surface area contributed by atoms with E-state index in [0.29, 0.717) is 0 Å². The molecular formula is C6H9NO3S. The van der Waals surface area contributed by atoms with E-state index in [1.807, 2.05) is 4.89 Å². The largest absolute Gasteiger partial charge is 0.274 e. The lowest BCUT2D eigenvalue weighted by Gasteiger charge is -2.01. The Bertz CT molecular complexity index is 260. The Kier molecular flexibility index (Phi) is 2.49. The molecule has 0 radical (unpaired) electrons. The van der Waals surface area contributed by atoms with Crippen molar-refractivity contribution in [2.75, 3.05) is 6.61 Å². The van der Waals surface area contributed by atoms with Crippen LogP contribution in [0.1, 0.15) is 12.8 Å². The lowest BCUT2D eigenvalue weighted by molar-refractivity contribution is 0.123. The highest BCUT2D eigenvalue weighted by Crippen LogP contribution is 2.27. The second-order valence-corrected chi connectivity index (χ2v) is 4.24. The number of nitrogens with one attached hydrogen (secondary N) is 1. The van der Waals surface area contributed by atoms with Crippen LogP contribution in [0.2, 0.25) is 0 Å². The van der Waals surface area contributed by atoms with Crippen molar-refractivity contribution in [3.05, 3.63) is 0 Å². The molecule has 1 N–H and O–H groups in total. The van der Waals surface area contributed by atoms with Gasteiger partial charge in [0, 0.05) is 0 Å². The second-order valence-electron chi connectivity index (χ2n) is 2.32. The molecule has 1 aliphatic carbocycles. The third-order valence-corrected chi connectivity index (χ3v) is 2.99. The highest BCUT2D eigenvalue weighted by Gasteiger charge is 2.35. The predicted molar refractivity (Wildman–Crippen MR) is 39.9 cm³/mol. The molecule has 0 aliphatic heterocycles. The number of hydrogen-bond donors (Lipinski definition) is 1. The molecular weight excluding hydrogens is 166 g/mol. The van der Waals surface area contributed by atoms with Gasteiger partial charge in [0.15, 0.2) is 0 Å². The number of hydrogen-bond acceptors (Lipinski definition) is 3.